The van der Waals surface area contributed by atoms with E-state index >= 15 is 0 Å². The molecule has 6 heteroatoms. The lowest BCUT2D eigenvalue weighted by Crippen LogP contribution is -2.42. The molecule has 0 spiro atoms. The molecule has 1 aromatic rings. The fourth-order valence-electron chi connectivity index (χ4n) is 2.64. The van der Waals surface area contributed by atoms with Crippen molar-refractivity contribution < 1.29 is 9.53 Å². The molecule has 0 radical (unpaired) electrons. The van der Waals surface area contributed by atoms with Crippen LogP contribution in [0.15, 0.2) is 18.3 Å². The van der Waals surface area contributed by atoms with Crippen LogP contribution in [0.5, 0.6) is 0 Å². The van der Waals surface area contributed by atoms with Gasteiger partial charge in [0.25, 0.3) is 0 Å². The molecule has 1 N–H and O–H groups in total. The molecule has 1 aliphatic heterocycles. The van der Waals surface area contributed by atoms with Crippen LogP contribution in [0.4, 0.5) is 10.6 Å². The summed E-state index contributed by atoms with van der Waals surface area (Å²) < 4.78 is 5.26. The van der Waals surface area contributed by atoms with Crippen molar-refractivity contribution in [2.45, 2.75) is 39.2 Å². The maximum Gasteiger partial charge on any atom is 0.407 e. The van der Waals surface area contributed by atoms with Crippen molar-refractivity contribution in [1.82, 2.24) is 10.3 Å². The summed E-state index contributed by atoms with van der Waals surface area (Å²) in [6.07, 6.45) is 3.39. The zero-order valence-corrected chi connectivity index (χ0v) is 14.0. The standard InChI is InChI=1S/C17H24N4O2/c1-17(2,3)23-16(22)20-11-14-5-4-8-21(12-14)15-9-13(10-18)6-7-19-15/h6-7,9,14H,4-5,8,11-12H2,1-3H3,(H,20,22)/t14-/m1/s1. The Hall–Kier alpha value is -2.29. The molecule has 1 fully saturated rings. The van der Waals surface area contributed by atoms with E-state index in [0.717, 1.165) is 31.7 Å². The third-order valence-electron chi connectivity index (χ3n) is 3.65. The van der Waals surface area contributed by atoms with E-state index in [2.05, 4.69) is 21.3 Å². The number of carbonyl (C=O) groups is 1. The summed E-state index contributed by atoms with van der Waals surface area (Å²) in [6.45, 7) is 7.88. The number of nitrogens with one attached hydrogen (secondary N) is 1. The molecule has 1 saturated heterocycles. The molecule has 2 rings (SSSR count). The molecule has 23 heavy (non-hydrogen) atoms. The van der Waals surface area contributed by atoms with Gasteiger partial charge in [-0.25, -0.2) is 9.78 Å². The van der Waals surface area contributed by atoms with E-state index < -0.39 is 5.60 Å². The van der Waals surface area contributed by atoms with Gasteiger partial charge in [-0.05, 0) is 51.7 Å². The van der Waals surface area contributed by atoms with Crippen molar-refractivity contribution >= 4 is 11.9 Å². The van der Waals surface area contributed by atoms with Crippen molar-refractivity contribution in [3.8, 4) is 6.07 Å². The minimum absolute atomic E-state index is 0.351. The van der Waals surface area contributed by atoms with E-state index in [4.69, 9.17) is 10.00 Å². The summed E-state index contributed by atoms with van der Waals surface area (Å²) >= 11 is 0. The van der Waals surface area contributed by atoms with Gasteiger partial charge in [0.05, 0.1) is 11.6 Å². The Labute approximate surface area is 137 Å². The summed E-state index contributed by atoms with van der Waals surface area (Å²) in [4.78, 5) is 18.3. The smallest absolute Gasteiger partial charge is 0.407 e. The Morgan fingerprint density at radius 1 is 1.57 bits per heavy atom. The van der Waals surface area contributed by atoms with Gasteiger partial charge in [0.15, 0.2) is 0 Å². The largest absolute Gasteiger partial charge is 0.444 e. The molecule has 2 heterocycles. The van der Waals surface area contributed by atoms with Crippen LogP contribution in [0.3, 0.4) is 0 Å². The minimum Gasteiger partial charge on any atom is -0.444 e. The van der Waals surface area contributed by atoms with E-state index in [1.165, 1.54) is 0 Å². The van der Waals surface area contributed by atoms with Gasteiger partial charge in [-0.1, -0.05) is 0 Å². The number of anilines is 1. The predicted octanol–water partition coefficient (Wildman–Crippen LogP) is 2.69. The Morgan fingerprint density at radius 3 is 3.04 bits per heavy atom. The van der Waals surface area contributed by atoms with Gasteiger partial charge < -0.3 is 15.0 Å². The molecular weight excluding hydrogens is 292 g/mol. The highest BCUT2D eigenvalue weighted by atomic mass is 16.6. The van der Waals surface area contributed by atoms with Crippen LogP contribution < -0.4 is 10.2 Å². The first kappa shape index (κ1) is 17.1. The van der Waals surface area contributed by atoms with Crippen molar-refractivity contribution in [1.29, 1.82) is 5.26 Å². The van der Waals surface area contributed by atoms with Crippen molar-refractivity contribution in [2.75, 3.05) is 24.5 Å². The molecule has 0 aliphatic carbocycles. The van der Waals surface area contributed by atoms with Crippen LogP contribution in [0.25, 0.3) is 0 Å². The molecule has 0 aromatic carbocycles. The van der Waals surface area contributed by atoms with Crippen LogP contribution >= 0.6 is 0 Å². The summed E-state index contributed by atoms with van der Waals surface area (Å²) in [5.41, 5.74) is 0.133. The van der Waals surface area contributed by atoms with Crippen LogP contribution in [0.1, 0.15) is 39.2 Å². The zero-order valence-electron chi connectivity index (χ0n) is 14.0. The van der Waals surface area contributed by atoms with Gasteiger partial charge in [-0.3, -0.25) is 0 Å². The lowest BCUT2D eigenvalue weighted by Gasteiger charge is -2.33. The average Bonchev–Trinajstić information content (AvgIpc) is 2.52. The SMILES string of the molecule is CC(C)(C)OC(=O)NC[C@H]1CCCN(c2cc(C#N)ccn2)C1. The number of ether oxygens (including phenoxy) is 1. The second-order valence-electron chi connectivity index (χ2n) is 6.85. The highest BCUT2D eigenvalue weighted by molar-refractivity contribution is 5.67. The topological polar surface area (TPSA) is 78.2 Å². The number of nitriles is 1. The molecule has 1 atom stereocenters. The second kappa shape index (κ2) is 7.32. The van der Waals surface area contributed by atoms with Crippen molar-refractivity contribution in [2.24, 2.45) is 5.92 Å². The molecule has 6 nitrogen and oxygen atoms in total. The van der Waals surface area contributed by atoms with Gasteiger partial charge in [0.1, 0.15) is 11.4 Å². The third-order valence-corrected chi connectivity index (χ3v) is 3.65. The second-order valence-corrected chi connectivity index (χ2v) is 6.85. The molecule has 0 saturated carbocycles. The zero-order chi connectivity index (χ0) is 16.9. The van der Waals surface area contributed by atoms with Gasteiger partial charge in [0, 0.05) is 25.8 Å². The third kappa shape index (κ3) is 5.44. The first-order valence-electron chi connectivity index (χ1n) is 7.95. The highest BCUT2D eigenvalue weighted by Crippen LogP contribution is 2.21. The van der Waals surface area contributed by atoms with Crippen LogP contribution in [0, 0.1) is 17.2 Å². The molecule has 124 valence electrons. The number of hydrogen-bond donors (Lipinski definition) is 1. The number of alkyl carbamates (subject to hydrolysis) is 1. The quantitative estimate of drug-likeness (QED) is 0.927. The number of amides is 1. The van der Waals surface area contributed by atoms with E-state index in [-0.39, 0.29) is 6.09 Å². The monoisotopic (exact) mass is 316 g/mol. The Bertz CT molecular complexity index is 589. The number of pyridine rings is 1. The van der Waals surface area contributed by atoms with E-state index in [1.807, 2.05) is 26.8 Å². The summed E-state index contributed by atoms with van der Waals surface area (Å²) in [6, 6.07) is 5.65. The molecule has 0 unspecified atom stereocenters. The number of hydrogen-bond acceptors (Lipinski definition) is 5. The molecule has 1 amide bonds. The Morgan fingerprint density at radius 2 is 2.35 bits per heavy atom. The molecule has 1 aliphatic rings. The minimum atomic E-state index is -0.482. The molecule has 0 bridgehead atoms. The summed E-state index contributed by atoms with van der Waals surface area (Å²) in [5, 5.41) is 11.8. The molecular formula is C17H24N4O2. The van der Waals surface area contributed by atoms with Crippen molar-refractivity contribution in [3.63, 3.8) is 0 Å². The number of rotatable bonds is 3. The van der Waals surface area contributed by atoms with Gasteiger partial charge in [-0.15, -0.1) is 0 Å². The average molecular weight is 316 g/mol. The number of carbonyl (C=O) groups excluding carboxylic acids is 1. The molecule has 1 aromatic heterocycles. The number of piperidine rings is 1. The fourth-order valence-corrected chi connectivity index (χ4v) is 2.64. The fraction of sp³-hybridized carbons (Fsp3) is 0.588. The maximum atomic E-state index is 11.7. The predicted molar refractivity (Wildman–Crippen MR) is 88.1 cm³/mol. The van der Waals surface area contributed by atoms with Gasteiger partial charge in [0.2, 0.25) is 0 Å². The lowest BCUT2D eigenvalue weighted by molar-refractivity contribution is 0.0517. The maximum absolute atomic E-state index is 11.7. The number of aromatic nitrogens is 1. The van der Waals surface area contributed by atoms with Crippen molar-refractivity contribution in [3.05, 3.63) is 23.9 Å². The van der Waals surface area contributed by atoms with Crippen LogP contribution in [0.2, 0.25) is 0 Å². The summed E-state index contributed by atoms with van der Waals surface area (Å²) in [7, 11) is 0. The van der Waals surface area contributed by atoms with Crippen LogP contribution in [-0.2, 0) is 4.74 Å². The van der Waals surface area contributed by atoms with E-state index in [1.54, 1.807) is 12.3 Å². The van der Waals surface area contributed by atoms with Crippen LogP contribution in [-0.4, -0.2) is 36.3 Å². The van der Waals surface area contributed by atoms with E-state index in [9.17, 15) is 4.79 Å². The highest BCUT2D eigenvalue weighted by Gasteiger charge is 2.23. The number of nitrogens with zero attached hydrogens (tertiary/aromatic N) is 3. The normalized spacial score (nSPS) is 18.2. The van der Waals surface area contributed by atoms with E-state index in [0.29, 0.717) is 18.0 Å². The Kier molecular flexibility index (Phi) is 5.43. The first-order valence-corrected chi connectivity index (χ1v) is 7.95. The van der Waals surface area contributed by atoms with Gasteiger partial charge in [-0.2, -0.15) is 5.26 Å². The first-order chi connectivity index (χ1) is 10.9. The summed E-state index contributed by atoms with van der Waals surface area (Å²) in [5.74, 6) is 1.18. The van der Waals surface area contributed by atoms with Gasteiger partial charge >= 0.3 is 6.09 Å². The Balaban J connectivity index is 1.88. The lowest BCUT2D eigenvalue weighted by atomic mass is 9.98.